The van der Waals surface area contributed by atoms with Crippen LogP contribution in [0.25, 0.3) is 32.9 Å². The molecule has 0 bridgehead atoms. The molecule has 1 amide bonds. The lowest BCUT2D eigenvalue weighted by Crippen LogP contribution is -2.67. The standard InChI is InChI=1S/C40H48F2N6O6/c1-23(49)43-25-17-26(18-25)48-13-7-12-40(11-6-10-39(40,48)3)22-54-37-45-34-31(35(46-37)47-14-15-53-21-38(2,51)20-47)36(52-4)44-33(32(34)42)28-19-27(50)16-24-8-5-9-29(41)30(24)28/h5,8-9,16,19,25-26,50-51H,6-7,10-15,17-18,20-22H2,1-4H3,(H,43,49)/t25?,26?,38-,39+,40?/m0/s1. The van der Waals surface area contributed by atoms with Gasteiger partial charge in [0, 0.05) is 47.5 Å². The molecule has 54 heavy (non-hydrogen) atoms. The summed E-state index contributed by atoms with van der Waals surface area (Å²) in [4.78, 5) is 30.3. The number of carbonyl (C=O) groups excluding carboxylic acids is 1. The zero-order valence-corrected chi connectivity index (χ0v) is 31.3. The number of likely N-dealkylation sites (tertiary alicyclic amines) is 1. The van der Waals surface area contributed by atoms with E-state index in [1.807, 2.05) is 0 Å². The van der Waals surface area contributed by atoms with Crippen molar-refractivity contribution in [3.05, 3.63) is 42.0 Å². The first-order valence-corrected chi connectivity index (χ1v) is 18.9. The topological polar surface area (TPSA) is 142 Å². The van der Waals surface area contributed by atoms with Gasteiger partial charge in [0.05, 0.1) is 33.5 Å². The number of aromatic hydroxyl groups is 1. The van der Waals surface area contributed by atoms with Gasteiger partial charge in [-0.25, -0.2) is 13.8 Å². The normalized spacial score (nSPS) is 28.8. The molecule has 3 N–H and O–H groups in total. The number of benzene rings is 2. The number of phenolic OH excluding ortho intramolecular Hbond substituents is 1. The summed E-state index contributed by atoms with van der Waals surface area (Å²) < 4.78 is 50.7. The number of β-amino-alcohol motifs (C(OH)–C–C–N with tert-alkyl or cyclic N) is 1. The van der Waals surface area contributed by atoms with Crippen LogP contribution in [0.4, 0.5) is 14.6 Å². The molecule has 2 aromatic carbocycles. The van der Waals surface area contributed by atoms with Gasteiger partial charge in [-0.05, 0) is 82.5 Å². The average Bonchev–Trinajstić information content (AvgIpc) is 3.35. The van der Waals surface area contributed by atoms with Gasteiger partial charge in [0.2, 0.25) is 11.8 Å². The molecule has 3 atom stereocenters. The van der Waals surface area contributed by atoms with E-state index >= 15 is 8.78 Å². The predicted molar refractivity (Wildman–Crippen MR) is 199 cm³/mol. The van der Waals surface area contributed by atoms with E-state index in [1.165, 1.54) is 31.4 Å². The van der Waals surface area contributed by atoms with Gasteiger partial charge in [0.1, 0.15) is 39.6 Å². The number of ether oxygens (including phenoxy) is 3. The maximum absolute atomic E-state index is 17.2. The van der Waals surface area contributed by atoms with Gasteiger partial charge in [-0.1, -0.05) is 18.6 Å². The number of nitrogens with zero attached hydrogens (tertiary/aromatic N) is 5. The fraction of sp³-hybridized carbons (Fsp3) is 0.550. The third-order valence-corrected chi connectivity index (χ3v) is 12.4. The maximum Gasteiger partial charge on any atom is 0.319 e. The second kappa shape index (κ2) is 13.7. The molecule has 2 saturated carbocycles. The molecule has 12 nitrogen and oxygen atoms in total. The van der Waals surface area contributed by atoms with Gasteiger partial charge < -0.3 is 34.6 Å². The van der Waals surface area contributed by atoms with E-state index in [2.05, 4.69) is 27.1 Å². The minimum Gasteiger partial charge on any atom is -0.508 e. The molecule has 4 heterocycles. The van der Waals surface area contributed by atoms with Gasteiger partial charge in [0.25, 0.3) is 0 Å². The molecule has 4 aromatic rings. The molecule has 8 rings (SSSR count). The average molecular weight is 747 g/mol. The second-order valence-electron chi connectivity index (χ2n) is 16.2. The van der Waals surface area contributed by atoms with Gasteiger partial charge in [-0.3, -0.25) is 9.69 Å². The zero-order valence-electron chi connectivity index (χ0n) is 31.3. The van der Waals surface area contributed by atoms with Crippen molar-refractivity contribution in [1.29, 1.82) is 0 Å². The van der Waals surface area contributed by atoms with Gasteiger partial charge in [0.15, 0.2) is 5.82 Å². The smallest absolute Gasteiger partial charge is 0.319 e. The lowest BCUT2D eigenvalue weighted by Gasteiger charge is -2.59. The molecule has 0 radical (unpaired) electrons. The number of aromatic nitrogens is 3. The fourth-order valence-electron chi connectivity index (χ4n) is 9.78. The number of methoxy groups -OCH3 is 1. The van der Waals surface area contributed by atoms with Crippen molar-refractivity contribution in [3.63, 3.8) is 0 Å². The number of anilines is 1. The molecule has 288 valence electrons. The van der Waals surface area contributed by atoms with Crippen molar-refractivity contribution in [2.75, 3.05) is 51.5 Å². The van der Waals surface area contributed by atoms with Crippen LogP contribution in [0.1, 0.15) is 65.7 Å². The summed E-state index contributed by atoms with van der Waals surface area (Å²) in [5.41, 5.74) is -1.97. The van der Waals surface area contributed by atoms with Crippen LogP contribution in [-0.4, -0.2) is 106 Å². The molecular weight excluding hydrogens is 698 g/mol. The minimum atomic E-state index is -1.25. The van der Waals surface area contributed by atoms with Crippen LogP contribution in [0.5, 0.6) is 17.6 Å². The summed E-state index contributed by atoms with van der Waals surface area (Å²) in [6.07, 6.45) is 6.81. The summed E-state index contributed by atoms with van der Waals surface area (Å²) in [5.74, 6) is -1.40. The first-order valence-electron chi connectivity index (χ1n) is 18.9. The molecule has 0 spiro atoms. The second-order valence-corrected chi connectivity index (χ2v) is 16.2. The van der Waals surface area contributed by atoms with Gasteiger partial charge >= 0.3 is 6.01 Å². The number of amides is 1. The van der Waals surface area contributed by atoms with Crippen LogP contribution < -0.4 is 19.7 Å². The lowest BCUT2D eigenvalue weighted by atomic mass is 9.65. The van der Waals surface area contributed by atoms with E-state index < -0.39 is 17.2 Å². The van der Waals surface area contributed by atoms with Crippen LogP contribution in [0.3, 0.4) is 0 Å². The van der Waals surface area contributed by atoms with E-state index in [0.29, 0.717) is 24.6 Å². The van der Waals surface area contributed by atoms with Gasteiger partial charge in [-0.2, -0.15) is 9.97 Å². The summed E-state index contributed by atoms with van der Waals surface area (Å²) in [6, 6.07) is 7.64. The Kier molecular flexibility index (Phi) is 9.29. The molecule has 2 aliphatic carbocycles. The molecule has 2 saturated heterocycles. The van der Waals surface area contributed by atoms with Crippen molar-refractivity contribution in [3.8, 4) is 28.9 Å². The van der Waals surface area contributed by atoms with E-state index in [4.69, 9.17) is 19.2 Å². The van der Waals surface area contributed by atoms with Crippen molar-refractivity contribution in [2.45, 2.75) is 88.9 Å². The Hall–Kier alpha value is -4.40. The highest BCUT2D eigenvalue weighted by Crippen LogP contribution is 2.57. The van der Waals surface area contributed by atoms with E-state index in [-0.39, 0.29) is 93.7 Å². The number of hydrogen-bond acceptors (Lipinski definition) is 11. The Labute approximate surface area is 312 Å². The number of fused-ring (bicyclic) bond motifs is 3. The Morgan fingerprint density at radius 3 is 2.65 bits per heavy atom. The third kappa shape index (κ3) is 6.25. The molecule has 4 fully saturated rings. The van der Waals surface area contributed by atoms with Crippen LogP contribution in [-0.2, 0) is 9.53 Å². The Balaban J connectivity index is 1.22. The number of rotatable bonds is 8. The predicted octanol–water partition coefficient (Wildman–Crippen LogP) is 5.50. The first kappa shape index (κ1) is 36.6. The third-order valence-electron chi connectivity index (χ3n) is 12.4. The number of aliphatic hydroxyl groups is 1. The van der Waals surface area contributed by atoms with Crippen LogP contribution in [0.2, 0.25) is 0 Å². The molecule has 4 aliphatic rings. The first-order chi connectivity index (χ1) is 25.8. The Bertz CT molecular complexity index is 2110. The summed E-state index contributed by atoms with van der Waals surface area (Å²) in [5, 5.41) is 25.5. The number of halogens is 2. The highest BCUT2D eigenvalue weighted by molar-refractivity contribution is 6.02. The zero-order chi connectivity index (χ0) is 38.0. The molecule has 2 aliphatic heterocycles. The largest absolute Gasteiger partial charge is 0.508 e. The molecular formula is C40H48F2N6O6. The van der Waals surface area contributed by atoms with Crippen LogP contribution in [0, 0.1) is 17.0 Å². The summed E-state index contributed by atoms with van der Waals surface area (Å²) in [6.45, 7) is 7.68. The van der Waals surface area contributed by atoms with Crippen molar-refractivity contribution in [2.24, 2.45) is 5.41 Å². The monoisotopic (exact) mass is 746 g/mol. The number of hydrogen-bond donors (Lipinski definition) is 3. The maximum atomic E-state index is 17.2. The van der Waals surface area contributed by atoms with E-state index in [9.17, 15) is 15.0 Å². The molecule has 1 unspecified atom stereocenters. The SMILES string of the molecule is COc1nc(-c2cc(O)cc3cccc(F)c23)c(F)c2nc(OCC34CCCN(C5CC(NC(C)=O)C5)[C@]3(C)CCC4)nc(N3CCOC[C@@](C)(O)C3)c12. The number of nitrogens with one attached hydrogen (secondary N) is 1. The highest BCUT2D eigenvalue weighted by Gasteiger charge is 2.59. The van der Waals surface area contributed by atoms with Crippen molar-refractivity contribution < 1.29 is 38.0 Å². The number of carbonyl (C=O) groups is 1. The quantitative estimate of drug-likeness (QED) is 0.211. The Morgan fingerprint density at radius 1 is 1.07 bits per heavy atom. The Morgan fingerprint density at radius 2 is 1.87 bits per heavy atom. The molecule has 2 aromatic heterocycles. The number of phenols is 1. The van der Waals surface area contributed by atoms with E-state index in [0.717, 1.165) is 51.5 Å². The van der Waals surface area contributed by atoms with Crippen molar-refractivity contribution in [1.82, 2.24) is 25.2 Å². The fourth-order valence-corrected chi connectivity index (χ4v) is 9.78. The number of piperidine rings is 1. The van der Waals surface area contributed by atoms with Gasteiger partial charge in [-0.15, -0.1) is 0 Å². The number of pyridine rings is 1. The summed E-state index contributed by atoms with van der Waals surface area (Å²) in [7, 11) is 1.40. The van der Waals surface area contributed by atoms with Crippen LogP contribution in [0.15, 0.2) is 30.3 Å². The van der Waals surface area contributed by atoms with Crippen molar-refractivity contribution >= 4 is 33.4 Å². The highest BCUT2D eigenvalue weighted by atomic mass is 19.1. The lowest BCUT2D eigenvalue weighted by molar-refractivity contribution is -0.124. The summed E-state index contributed by atoms with van der Waals surface area (Å²) >= 11 is 0. The van der Waals surface area contributed by atoms with E-state index in [1.54, 1.807) is 24.8 Å². The minimum absolute atomic E-state index is 0.00243. The molecule has 14 heteroatoms. The van der Waals surface area contributed by atoms with Crippen LogP contribution >= 0.6 is 0 Å².